The summed E-state index contributed by atoms with van der Waals surface area (Å²) >= 11 is 0. The molecule has 0 bridgehead atoms. The lowest BCUT2D eigenvalue weighted by atomic mass is 10.1. The summed E-state index contributed by atoms with van der Waals surface area (Å²) in [5, 5.41) is 6.78. The summed E-state index contributed by atoms with van der Waals surface area (Å²) in [7, 11) is 1.59. The Kier molecular flexibility index (Phi) is 5.69. The zero-order valence-electron chi connectivity index (χ0n) is 16.4. The number of benzene rings is 1. The molecule has 0 aliphatic carbocycles. The SMILES string of the molecule is COc1ccc(CC(=O)N2CCNC(=O)C2Cc2nc(-c3ccncc3)no2)cc1. The van der Waals surface area contributed by atoms with Crippen LogP contribution in [0.5, 0.6) is 5.75 Å². The monoisotopic (exact) mass is 407 g/mol. The maximum absolute atomic E-state index is 12.9. The zero-order valence-corrected chi connectivity index (χ0v) is 16.4. The third-order valence-electron chi connectivity index (χ3n) is 4.94. The van der Waals surface area contributed by atoms with Crippen LogP contribution in [0.25, 0.3) is 11.4 Å². The first kappa shape index (κ1) is 19.6. The van der Waals surface area contributed by atoms with E-state index in [2.05, 4.69) is 20.4 Å². The second kappa shape index (κ2) is 8.73. The number of nitrogens with one attached hydrogen (secondary N) is 1. The van der Waals surface area contributed by atoms with Crippen molar-refractivity contribution in [3.8, 4) is 17.1 Å². The van der Waals surface area contributed by atoms with Gasteiger partial charge >= 0.3 is 0 Å². The highest BCUT2D eigenvalue weighted by molar-refractivity contribution is 5.89. The van der Waals surface area contributed by atoms with Crippen LogP contribution < -0.4 is 10.1 Å². The van der Waals surface area contributed by atoms with Gasteiger partial charge < -0.3 is 19.5 Å². The van der Waals surface area contributed by atoms with Gasteiger partial charge in [0.15, 0.2) is 0 Å². The second-order valence-corrected chi connectivity index (χ2v) is 6.87. The normalized spacial score (nSPS) is 16.2. The molecular weight excluding hydrogens is 386 g/mol. The van der Waals surface area contributed by atoms with E-state index >= 15 is 0 Å². The van der Waals surface area contributed by atoms with Crippen molar-refractivity contribution in [3.63, 3.8) is 0 Å². The Morgan fingerprint density at radius 2 is 2.00 bits per heavy atom. The summed E-state index contributed by atoms with van der Waals surface area (Å²) in [4.78, 5) is 35.4. The van der Waals surface area contributed by atoms with Gasteiger partial charge in [0.05, 0.1) is 20.0 Å². The fraction of sp³-hybridized carbons (Fsp3) is 0.286. The van der Waals surface area contributed by atoms with Gasteiger partial charge in [-0.05, 0) is 29.8 Å². The van der Waals surface area contributed by atoms with Crippen LogP contribution in [0.15, 0.2) is 53.3 Å². The van der Waals surface area contributed by atoms with Gasteiger partial charge in [-0.3, -0.25) is 14.6 Å². The number of nitrogens with zero attached hydrogens (tertiary/aromatic N) is 4. The van der Waals surface area contributed by atoms with Crippen molar-refractivity contribution in [2.24, 2.45) is 0 Å². The molecule has 3 heterocycles. The van der Waals surface area contributed by atoms with E-state index < -0.39 is 6.04 Å². The first-order valence-electron chi connectivity index (χ1n) is 9.57. The highest BCUT2D eigenvalue weighted by Gasteiger charge is 2.34. The lowest BCUT2D eigenvalue weighted by Crippen LogP contribution is -2.58. The molecule has 30 heavy (non-hydrogen) atoms. The molecule has 2 amide bonds. The average Bonchev–Trinajstić information content (AvgIpc) is 3.25. The number of hydrogen-bond acceptors (Lipinski definition) is 7. The molecule has 1 fully saturated rings. The number of piperazine rings is 1. The van der Waals surface area contributed by atoms with Gasteiger partial charge in [0.1, 0.15) is 11.8 Å². The molecule has 1 saturated heterocycles. The standard InChI is InChI=1S/C21H21N5O4/c1-29-16-4-2-14(3-5-16)12-19(27)26-11-10-23-21(28)17(26)13-18-24-20(25-30-18)15-6-8-22-9-7-15/h2-9,17H,10-13H2,1H3,(H,23,28). The van der Waals surface area contributed by atoms with E-state index in [-0.39, 0.29) is 24.7 Å². The molecule has 0 radical (unpaired) electrons. The summed E-state index contributed by atoms with van der Waals surface area (Å²) in [6.45, 7) is 0.840. The lowest BCUT2D eigenvalue weighted by Gasteiger charge is -2.34. The Bertz CT molecular complexity index is 1020. The van der Waals surface area contributed by atoms with Crippen molar-refractivity contribution in [2.45, 2.75) is 18.9 Å². The summed E-state index contributed by atoms with van der Waals surface area (Å²) in [5.41, 5.74) is 1.61. The zero-order chi connectivity index (χ0) is 20.9. The van der Waals surface area contributed by atoms with Gasteiger partial charge in [-0.25, -0.2) is 0 Å². The second-order valence-electron chi connectivity index (χ2n) is 6.87. The molecule has 2 aromatic heterocycles. The van der Waals surface area contributed by atoms with Crippen LogP contribution in [0, 0.1) is 0 Å². The summed E-state index contributed by atoms with van der Waals surface area (Å²) < 4.78 is 10.5. The van der Waals surface area contributed by atoms with Crippen LogP contribution in [0.3, 0.4) is 0 Å². The number of rotatable bonds is 6. The molecule has 1 N–H and O–H groups in total. The predicted octanol–water partition coefficient (Wildman–Crippen LogP) is 1.25. The molecule has 9 nitrogen and oxygen atoms in total. The number of hydrogen-bond donors (Lipinski definition) is 1. The van der Waals surface area contributed by atoms with E-state index in [1.165, 1.54) is 0 Å². The molecule has 154 valence electrons. The van der Waals surface area contributed by atoms with Crippen molar-refractivity contribution in [1.82, 2.24) is 25.3 Å². The molecule has 4 rings (SSSR count). The Morgan fingerprint density at radius 3 is 2.73 bits per heavy atom. The molecule has 0 saturated carbocycles. The van der Waals surface area contributed by atoms with Gasteiger partial charge in [-0.2, -0.15) is 4.98 Å². The molecule has 1 aliphatic heterocycles. The van der Waals surface area contributed by atoms with Gasteiger partial charge in [0, 0.05) is 31.0 Å². The Balaban J connectivity index is 1.48. The molecule has 3 aromatic rings. The van der Waals surface area contributed by atoms with E-state index in [0.29, 0.717) is 24.8 Å². The van der Waals surface area contributed by atoms with E-state index in [0.717, 1.165) is 16.9 Å². The molecule has 1 aromatic carbocycles. The molecule has 1 aliphatic rings. The summed E-state index contributed by atoms with van der Waals surface area (Å²) in [6.07, 6.45) is 3.62. The minimum Gasteiger partial charge on any atom is -0.497 e. The molecule has 9 heteroatoms. The molecule has 1 unspecified atom stereocenters. The third kappa shape index (κ3) is 4.29. The highest BCUT2D eigenvalue weighted by Crippen LogP contribution is 2.18. The van der Waals surface area contributed by atoms with Crippen molar-refractivity contribution in [1.29, 1.82) is 0 Å². The van der Waals surface area contributed by atoms with Crippen molar-refractivity contribution in [2.75, 3.05) is 20.2 Å². The highest BCUT2D eigenvalue weighted by atomic mass is 16.5. The maximum atomic E-state index is 12.9. The van der Waals surface area contributed by atoms with Crippen molar-refractivity contribution < 1.29 is 18.8 Å². The van der Waals surface area contributed by atoms with E-state index in [9.17, 15) is 9.59 Å². The Hall–Kier alpha value is -3.75. The Labute approximate surface area is 173 Å². The van der Waals surface area contributed by atoms with Crippen LogP contribution in [-0.4, -0.2) is 58.1 Å². The van der Waals surface area contributed by atoms with E-state index in [1.54, 1.807) is 36.5 Å². The van der Waals surface area contributed by atoms with Gasteiger partial charge in [-0.15, -0.1) is 0 Å². The smallest absolute Gasteiger partial charge is 0.243 e. The number of methoxy groups -OCH3 is 1. The van der Waals surface area contributed by atoms with Crippen LogP contribution in [0.4, 0.5) is 0 Å². The lowest BCUT2D eigenvalue weighted by molar-refractivity contribution is -0.142. The topological polar surface area (TPSA) is 110 Å². The third-order valence-corrected chi connectivity index (χ3v) is 4.94. The van der Waals surface area contributed by atoms with Gasteiger partial charge in [0.25, 0.3) is 0 Å². The number of pyridine rings is 1. The fourth-order valence-electron chi connectivity index (χ4n) is 3.36. The van der Waals surface area contributed by atoms with Crippen LogP contribution in [0.2, 0.25) is 0 Å². The Morgan fingerprint density at radius 1 is 1.23 bits per heavy atom. The maximum Gasteiger partial charge on any atom is 0.243 e. The first-order valence-corrected chi connectivity index (χ1v) is 9.57. The average molecular weight is 407 g/mol. The predicted molar refractivity (Wildman–Crippen MR) is 106 cm³/mol. The van der Waals surface area contributed by atoms with Crippen molar-refractivity contribution in [3.05, 3.63) is 60.2 Å². The molecule has 0 spiro atoms. The summed E-state index contributed by atoms with van der Waals surface area (Å²) in [6, 6.07) is 10.1. The van der Waals surface area contributed by atoms with Crippen LogP contribution in [0.1, 0.15) is 11.5 Å². The number of ether oxygens (including phenoxy) is 1. The minimum absolute atomic E-state index is 0.131. The van der Waals surface area contributed by atoms with E-state index in [4.69, 9.17) is 9.26 Å². The van der Waals surface area contributed by atoms with Crippen LogP contribution in [-0.2, 0) is 22.4 Å². The number of amides is 2. The quantitative estimate of drug-likeness (QED) is 0.655. The van der Waals surface area contributed by atoms with Crippen LogP contribution >= 0.6 is 0 Å². The largest absolute Gasteiger partial charge is 0.497 e. The molecular formula is C21H21N5O4. The fourth-order valence-corrected chi connectivity index (χ4v) is 3.36. The van der Waals surface area contributed by atoms with Gasteiger partial charge in [-0.1, -0.05) is 17.3 Å². The molecule has 1 atom stereocenters. The van der Waals surface area contributed by atoms with Gasteiger partial charge in [0.2, 0.25) is 23.5 Å². The summed E-state index contributed by atoms with van der Waals surface area (Å²) in [5.74, 6) is 1.08. The van der Waals surface area contributed by atoms with Crippen molar-refractivity contribution >= 4 is 11.8 Å². The number of carbonyl (C=O) groups is 2. The van der Waals surface area contributed by atoms with E-state index in [1.807, 2.05) is 24.3 Å². The first-order chi connectivity index (χ1) is 14.6. The number of carbonyl (C=O) groups excluding carboxylic acids is 2. The minimum atomic E-state index is -0.699. The number of aromatic nitrogens is 3.